The summed E-state index contributed by atoms with van der Waals surface area (Å²) in [6, 6.07) is 3.51. The highest BCUT2D eigenvalue weighted by molar-refractivity contribution is 5.24. The van der Waals surface area contributed by atoms with Crippen LogP contribution in [-0.2, 0) is 6.61 Å². The minimum Gasteiger partial charge on any atom is -0.478 e. The van der Waals surface area contributed by atoms with Crippen molar-refractivity contribution in [2.24, 2.45) is 0 Å². The molecule has 2 N–H and O–H groups in total. The van der Waals surface area contributed by atoms with Crippen molar-refractivity contribution in [3.63, 3.8) is 0 Å². The van der Waals surface area contributed by atoms with Gasteiger partial charge < -0.3 is 14.9 Å². The van der Waals surface area contributed by atoms with Gasteiger partial charge in [0, 0.05) is 24.8 Å². The van der Waals surface area contributed by atoms with Gasteiger partial charge in [0.25, 0.3) is 0 Å². The molecule has 0 amide bonds. The molecular weight excluding hydrogens is 182 g/mol. The molecule has 4 nitrogen and oxygen atoms in total. The van der Waals surface area contributed by atoms with E-state index in [1.165, 1.54) is 0 Å². The predicted molar refractivity (Wildman–Crippen MR) is 52.1 cm³/mol. The smallest absolute Gasteiger partial charge is 0.213 e. The Bertz CT molecular complexity index is 289. The number of nitrogens with zero attached hydrogens (tertiary/aromatic N) is 1. The fraction of sp³-hybridized carbons (Fsp3) is 0.500. The number of ether oxygens (including phenoxy) is 1. The van der Waals surface area contributed by atoms with Crippen molar-refractivity contribution in [2.45, 2.75) is 20.0 Å². The summed E-state index contributed by atoms with van der Waals surface area (Å²) in [6.07, 6.45) is 0.600. The zero-order valence-corrected chi connectivity index (χ0v) is 8.23. The van der Waals surface area contributed by atoms with E-state index in [0.29, 0.717) is 18.9 Å². The zero-order valence-electron chi connectivity index (χ0n) is 8.23. The lowest BCUT2D eigenvalue weighted by Crippen LogP contribution is -2.02. The van der Waals surface area contributed by atoms with E-state index in [1.807, 2.05) is 6.92 Å². The van der Waals surface area contributed by atoms with Crippen LogP contribution in [0, 0.1) is 6.92 Å². The van der Waals surface area contributed by atoms with Gasteiger partial charge in [-0.05, 0) is 18.6 Å². The van der Waals surface area contributed by atoms with Gasteiger partial charge >= 0.3 is 0 Å². The summed E-state index contributed by atoms with van der Waals surface area (Å²) in [6.45, 7) is 2.40. The maximum absolute atomic E-state index is 8.91. The molecule has 0 radical (unpaired) electrons. The standard InChI is InChI=1S/C10H15NO3/c1-8-9(7-13)3-4-10(11-8)14-6-2-5-12/h3-4,12-13H,2,5-7H2,1H3. The monoisotopic (exact) mass is 197 g/mol. The number of aromatic nitrogens is 1. The van der Waals surface area contributed by atoms with E-state index < -0.39 is 0 Å². The van der Waals surface area contributed by atoms with Crippen LogP contribution >= 0.6 is 0 Å². The van der Waals surface area contributed by atoms with Gasteiger partial charge in [-0.25, -0.2) is 4.98 Å². The third-order valence-electron chi connectivity index (χ3n) is 1.89. The third-order valence-corrected chi connectivity index (χ3v) is 1.89. The number of hydrogen-bond acceptors (Lipinski definition) is 4. The topological polar surface area (TPSA) is 62.6 Å². The molecule has 0 unspecified atom stereocenters. The molecule has 0 aliphatic carbocycles. The molecule has 0 aromatic carbocycles. The largest absolute Gasteiger partial charge is 0.478 e. The van der Waals surface area contributed by atoms with E-state index in [9.17, 15) is 0 Å². The fourth-order valence-corrected chi connectivity index (χ4v) is 1.06. The molecule has 1 aromatic heterocycles. The van der Waals surface area contributed by atoms with Gasteiger partial charge in [0.1, 0.15) is 0 Å². The Kier molecular flexibility index (Phi) is 4.35. The van der Waals surface area contributed by atoms with Crippen LogP contribution in [0.15, 0.2) is 12.1 Å². The molecule has 0 bridgehead atoms. The first kappa shape index (κ1) is 10.9. The Morgan fingerprint density at radius 3 is 2.71 bits per heavy atom. The van der Waals surface area contributed by atoms with E-state index >= 15 is 0 Å². The molecule has 0 atom stereocenters. The van der Waals surface area contributed by atoms with E-state index in [2.05, 4.69) is 4.98 Å². The SMILES string of the molecule is Cc1nc(OCCCO)ccc1CO. The van der Waals surface area contributed by atoms with Crippen molar-refractivity contribution in [2.75, 3.05) is 13.2 Å². The molecule has 14 heavy (non-hydrogen) atoms. The van der Waals surface area contributed by atoms with Gasteiger partial charge in [-0.2, -0.15) is 0 Å². The normalized spacial score (nSPS) is 10.2. The Morgan fingerprint density at radius 1 is 1.36 bits per heavy atom. The van der Waals surface area contributed by atoms with E-state index in [0.717, 1.165) is 11.3 Å². The van der Waals surface area contributed by atoms with Crippen LogP contribution < -0.4 is 4.74 Å². The lowest BCUT2D eigenvalue weighted by Gasteiger charge is -2.06. The Balaban J connectivity index is 2.57. The van der Waals surface area contributed by atoms with Crippen molar-refractivity contribution in [1.82, 2.24) is 4.98 Å². The number of pyridine rings is 1. The third kappa shape index (κ3) is 2.97. The number of aliphatic hydroxyl groups excluding tert-OH is 2. The molecule has 0 fully saturated rings. The van der Waals surface area contributed by atoms with E-state index in [-0.39, 0.29) is 13.2 Å². The highest BCUT2D eigenvalue weighted by Gasteiger charge is 2.00. The number of hydrogen-bond donors (Lipinski definition) is 2. The predicted octanol–water partition coefficient (Wildman–Crippen LogP) is 0.644. The number of aliphatic hydroxyl groups is 2. The lowest BCUT2D eigenvalue weighted by atomic mass is 10.2. The van der Waals surface area contributed by atoms with Crippen LogP contribution in [0.1, 0.15) is 17.7 Å². The molecule has 0 saturated heterocycles. The maximum Gasteiger partial charge on any atom is 0.213 e. The van der Waals surface area contributed by atoms with Crippen LogP contribution in [0.5, 0.6) is 5.88 Å². The average Bonchev–Trinajstić information content (AvgIpc) is 2.18. The highest BCUT2D eigenvalue weighted by Crippen LogP contribution is 2.12. The molecule has 4 heteroatoms. The summed E-state index contributed by atoms with van der Waals surface area (Å²) in [4.78, 5) is 4.15. The second-order valence-corrected chi connectivity index (χ2v) is 2.98. The molecule has 0 spiro atoms. The summed E-state index contributed by atoms with van der Waals surface area (Å²) in [5.74, 6) is 0.535. The molecule has 78 valence electrons. The average molecular weight is 197 g/mol. The van der Waals surface area contributed by atoms with Crippen molar-refractivity contribution >= 4 is 0 Å². The first-order valence-corrected chi connectivity index (χ1v) is 4.59. The quantitative estimate of drug-likeness (QED) is 0.680. The molecule has 1 aromatic rings. The fourth-order valence-electron chi connectivity index (χ4n) is 1.06. The molecule has 1 heterocycles. The second kappa shape index (κ2) is 5.57. The molecule has 0 aliphatic heterocycles. The van der Waals surface area contributed by atoms with Crippen LogP contribution in [0.4, 0.5) is 0 Å². The summed E-state index contributed by atoms with van der Waals surface area (Å²) < 4.78 is 5.27. The van der Waals surface area contributed by atoms with Crippen LogP contribution in [0.25, 0.3) is 0 Å². The van der Waals surface area contributed by atoms with Gasteiger partial charge in [-0.3, -0.25) is 0 Å². The molecule has 0 aliphatic rings. The second-order valence-electron chi connectivity index (χ2n) is 2.98. The molecule has 1 rings (SSSR count). The number of rotatable bonds is 5. The Labute approximate surface area is 83.2 Å². The maximum atomic E-state index is 8.91. The van der Waals surface area contributed by atoms with Crippen LogP contribution in [0.3, 0.4) is 0 Å². The van der Waals surface area contributed by atoms with Gasteiger partial charge in [0.05, 0.1) is 13.2 Å². The van der Waals surface area contributed by atoms with Crippen molar-refractivity contribution in [1.29, 1.82) is 0 Å². The summed E-state index contributed by atoms with van der Waals surface area (Å²) >= 11 is 0. The number of aryl methyl sites for hydroxylation is 1. The van der Waals surface area contributed by atoms with Gasteiger partial charge in [0.15, 0.2) is 0 Å². The minimum absolute atomic E-state index is 0.00421. The molecular formula is C10H15NO3. The minimum atomic E-state index is -0.00421. The first-order chi connectivity index (χ1) is 6.77. The van der Waals surface area contributed by atoms with Crippen molar-refractivity contribution < 1.29 is 14.9 Å². The Morgan fingerprint density at radius 2 is 2.14 bits per heavy atom. The Hall–Kier alpha value is -1.13. The highest BCUT2D eigenvalue weighted by atomic mass is 16.5. The summed E-state index contributed by atoms with van der Waals surface area (Å²) in [7, 11) is 0. The molecule has 0 saturated carbocycles. The summed E-state index contributed by atoms with van der Waals surface area (Å²) in [5.41, 5.74) is 1.58. The van der Waals surface area contributed by atoms with Crippen molar-refractivity contribution in [3.05, 3.63) is 23.4 Å². The first-order valence-electron chi connectivity index (χ1n) is 4.59. The van der Waals surface area contributed by atoms with Gasteiger partial charge in [-0.1, -0.05) is 0 Å². The van der Waals surface area contributed by atoms with Crippen LogP contribution in [0.2, 0.25) is 0 Å². The van der Waals surface area contributed by atoms with Crippen molar-refractivity contribution in [3.8, 4) is 5.88 Å². The summed E-state index contributed by atoms with van der Waals surface area (Å²) in [5, 5.41) is 17.5. The van der Waals surface area contributed by atoms with E-state index in [1.54, 1.807) is 12.1 Å². The van der Waals surface area contributed by atoms with Crippen LogP contribution in [-0.4, -0.2) is 28.4 Å². The lowest BCUT2D eigenvalue weighted by molar-refractivity contribution is 0.228. The van der Waals surface area contributed by atoms with Gasteiger partial charge in [-0.15, -0.1) is 0 Å². The zero-order chi connectivity index (χ0) is 10.4. The van der Waals surface area contributed by atoms with E-state index in [4.69, 9.17) is 14.9 Å². The van der Waals surface area contributed by atoms with Gasteiger partial charge in [0.2, 0.25) is 5.88 Å².